The third kappa shape index (κ3) is 2.75. The quantitative estimate of drug-likeness (QED) is 0.733. The van der Waals surface area contributed by atoms with E-state index in [1.807, 2.05) is 17.0 Å². The summed E-state index contributed by atoms with van der Waals surface area (Å²) in [5.41, 5.74) is 0.761. The van der Waals surface area contributed by atoms with Crippen LogP contribution in [-0.2, 0) is 14.6 Å². The molecule has 128 valence electrons. The summed E-state index contributed by atoms with van der Waals surface area (Å²) in [6, 6.07) is 5.24. The number of aliphatic imine (C=N–C) groups is 1. The molecule has 0 radical (unpaired) electrons. The zero-order chi connectivity index (χ0) is 16.9. The molecule has 0 aromatic heterocycles. The molecule has 0 N–H and O–H groups in total. The number of amidine groups is 1. The van der Waals surface area contributed by atoms with E-state index in [0.29, 0.717) is 29.9 Å². The highest BCUT2D eigenvalue weighted by molar-refractivity contribution is 8.16. The summed E-state index contributed by atoms with van der Waals surface area (Å²) in [6.45, 7) is 2.37. The molecule has 3 heterocycles. The van der Waals surface area contributed by atoms with E-state index in [-0.39, 0.29) is 28.7 Å². The summed E-state index contributed by atoms with van der Waals surface area (Å²) < 4.78 is 35.1. The molecule has 2 atom stereocenters. The van der Waals surface area contributed by atoms with Crippen LogP contribution < -0.4 is 14.4 Å². The topological polar surface area (TPSA) is 85.3 Å². The number of rotatable bonds is 1. The summed E-state index contributed by atoms with van der Waals surface area (Å²) in [7, 11) is -3.07. The van der Waals surface area contributed by atoms with Crippen LogP contribution in [0.15, 0.2) is 23.2 Å². The van der Waals surface area contributed by atoms with Crippen molar-refractivity contribution in [1.82, 2.24) is 0 Å². The van der Waals surface area contributed by atoms with Crippen molar-refractivity contribution in [1.29, 1.82) is 0 Å². The number of amides is 1. The van der Waals surface area contributed by atoms with E-state index in [2.05, 4.69) is 4.99 Å². The summed E-state index contributed by atoms with van der Waals surface area (Å²) >= 11 is 1.36. The third-order valence-electron chi connectivity index (χ3n) is 4.12. The Hall–Kier alpha value is -1.74. The highest BCUT2D eigenvalue weighted by Crippen LogP contribution is 2.43. The number of nitrogens with zero attached hydrogens (tertiary/aromatic N) is 2. The molecule has 24 heavy (non-hydrogen) atoms. The van der Waals surface area contributed by atoms with Crippen LogP contribution in [0.4, 0.5) is 5.69 Å². The fourth-order valence-electron chi connectivity index (χ4n) is 3.18. The fourth-order valence-corrected chi connectivity index (χ4v) is 7.14. The van der Waals surface area contributed by atoms with Gasteiger partial charge in [-0.15, -0.1) is 0 Å². The summed E-state index contributed by atoms with van der Waals surface area (Å²) in [5, 5.41) is 0.436. The molecular weight excluding hydrogens is 352 g/mol. The predicted octanol–water partition coefficient (Wildman–Crippen LogP) is 1.08. The minimum atomic E-state index is -3.07. The van der Waals surface area contributed by atoms with Crippen LogP contribution in [0.2, 0.25) is 0 Å². The van der Waals surface area contributed by atoms with Gasteiger partial charge in [0.1, 0.15) is 13.2 Å². The SMILES string of the molecule is CC(=O)N=C1S[C@@H]2CS(=O)(=O)C[C@H]2N1c1ccc2c(c1)OCCO2. The molecule has 1 aromatic carbocycles. The number of sulfone groups is 1. The largest absolute Gasteiger partial charge is 0.486 e. The second kappa shape index (κ2) is 5.66. The Balaban J connectivity index is 1.75. The van der Waals surface area contributed by atoms with Gasteiger partial charge in [0.25, 0.3) is 0 Å². The van der Waals surface area contributed by atoms with Crippen molar-refractivity contribution in [3.05, 3.63) is 18.2 Å². The average Bonchev–Trinajstić information content (AvgIpc) is 2.97. The van der Waals surface area contributed by atoms with Crippen LogP contribution in [0.3, 0.4) is 0 Å². The first-order valence-electron chi connectivity index (χ1n) is 7.58. The number of ether oxygens (including phenoxy) is 2. The van der Waals surface area contributed by atoms with Crippen molar-refractivity contribution in [3.63, 3.8) is 0 Å². The summed E-state index contributed by atoms with van der Waals surface area (Å²) in [6.07, 6.45) is 0. The van der Waals surface area contributed by atoms with Crippen LogP contribution in [0, 0.1) is 0 Å². The van der Waals surface area contributed by atoms with E-state index in [1.165, 1.54) is 18.7 Å². The lowest BCUT2D eigenvalue weighted by atomic mass is 10.2. The van der Waals surface area contributed by atoms with Gasteiger partial charge in [-0.3, -0.25) is 4.79 Å². The Bertz CT molecular complexity index is 836. The number of carbonyl (C=O) groups excluding carboxylic acids is 1. The van der Waals surface area contributed by atoms with Crippen LogP contribution in [0.1, 0.15) is 6.92 Å². The van der Waals surface area contributed by atoms with Crippen LogP contribution >= 0.6 is 11.8 Å². The molecule has 1 amide bonds. The molecule has 9 heteroatoms. The van der Waals surface area contributed by atoms with E-state index in [1.54, 1.807) is 6.07 Å². The lowest BCUT2D eigenvalue weighted by Crippen LogP contribution is -2.37. The number of hydrogen-bond acceptors (Lipinski definition) is 6. The summed E-state index contributed by atoms with van der Waals surface area (Å²) in [4.78, 5) is 17.4. The molecule has 7 nitrogen and oxygen atoms in total. The first-order valence-corrected chi connectivity index (χ1v) is 10.3. The predicted molar refractivity (Wildman–Crippen MR) is 91.8 cm³/mol. The van der Waals surface area contributed by atoms with Crippen LogP contribution in [-0.4, -0.2) is 55.5 Å². The number of fused-ring (bicyclic) bond motifs is 2. The third-order valence-corrected chi connectivity index (χ3v) is 7.33. The number of anilines is 1. The van der Waals surface area contributed by atoms with Gasteiger partial charge in [0.15, 0.2) is 26.5 Å². The second-order valence-electron chi connectivity index (χ2n) is 5.91. The van der Waals surface area contributed by atoms with E-state index < -0.39 is 9.84 Å². The van der Waals surface area contributed by atoms with Crippen LogP contribution in [0.25, 0.3) is 0 Å². The number of carbonyl (C=O) groups is 1. The average molecular weight is 368 g/mol. The minimum Gasteiger partial charge on any atom is -0.486 e. The molecular formula is C15H16N2O5S2. The molecule has 0 unspecified atom stereocenters. The van der Waals surface area contributed by atoms with E-state index in [4.69, 9.17) is 9.47 Å². The smallest absolute Gasteiger partial charge is 0.244 e. The molecule has 1 aromatic rings. The zero-order valence-corrected chi connectivity index (χ0v) is 14.6. The first-order chi connectivity index (χ1) is 11.4. The maximum absolute atomic E-state index is 12.0. The van der Waals surface area contributed by atoms with Crippen molar-refractivity contribution >= 4 is 38.4 Å². The van der Waals surface area contributed by atoms with Crippen molar-refractivity contribution < 1.29 is 22.7 Å². The fraction of sp³-hybridized carbons (Fsp3) is 0.467. The maximum atomic E-state index is 12.0. The number of hydrogen-bond donors (Lipinski definition) is 0. The molecule has 0 aliphatic carbocycles. The maximum Gasteiger partial charge on any atom is 0.244 e. The normalized spacial score (nSPS) is 28.9. The van der Waals surface area contributed by atoms with E-state index >= 15 is 0 Å². The van der Waals surface area contributed by atoms with E-state index in [0.717, 1.165) is 5.69 Å². The van der Waals surface area contributed by atoms with Gasteiger partial charge in [0.2, 0.25) is 5.91 Å². The van der Waals surface area contributed by atoms with Crippen molar-refractivity contribution in [2.24, 2.45) is 4.99 Å². The zero-order valence-electron chi connectivity index (χ0n) is 13.0. The Morgan fingerprint density at radius 2 is 2.00 bits per heavy atom. The molecule has 2 fully saturated rings. The number of benzene rings is 1. The molecule has 3 aliphatic heterocycles. The van der Waals surface area contributed by atoms with E-state index in [9.17, 15) is 13.2 Å². The number of thioether (sulfide) groups is 1. The lowest BCUT2D eigenvalue weighted by Gasteiger charge is -2.26. The van der Waals surface area contributed by atoms with Gasteiger partial charge in [-0.05, 0) is 12.1 Å². The van der Waals surface area contributed by atoms with Gasteiger partial charge in [-0.25, -0.2) is 8.42 Å². The molecule has 0 spiro atoms. The van der Waals surface area contributed by atoms with Crippen molar-refractivity contribution in [2.45, 2.75) is 18.2 Å². The van der Waals surface area contributed by atoms with Crippen molar-refractivity contribution in [2.75, 3.05) is 29.6 Å². The van der Waals surface area contributed by atoms with Gasteiger partial charge in [0, 0.05) is 23.9 Å². The second-order valence-corrected chi connectivity index (χ2v) is 9.27. The molecule has 4 rings (SSSR count). The Kier molecular flexibility index (Phi) is 3.72. The van der Waals surface area contributed by atoms with Gasteiger partial charge in [0.05, 0.1) is 17.5 Å². The monoisotopic (exact) mass is 368 g/mol. The first kappa shape index (κ1) is 15.8. The van der Waals surface area contributed by atoms with Crippen LogP contribution in [0.5, 0.6) is 11.5 Å². The van der Waals surface area contributed by atoms with Gasteiger partial charge < -0.3 is 14.4 Å². The highest BCUT2D eigenvalue weighted by Gasteiger charge is 2.49. The summed E-state index contributed by atoms with van der Waals surface area (Å²) in [5.74, 6) is 1.16. The Morgan fingerprint density at radius 1 is 1.25 bits per heavy atom. The molecule has 2 saturated heterocycles. The molecule has 3 aliphatic rings. The highest BCUT2D eigenvalue weighted by atomic mass is 32.2. The Morgan fingerprint density at radius 3 is 2.75 bits per heavy atom. The minimum absolute atomic E-state index is 0.0655. The van der Waals surface area contributed by atoms with Crippen molar-refractivity contribution in [3.8, 4) is 11.5 Å². The standard InChI is InChI=1S/C15H16N2O5S2/c1-9(18)16-15-17(11-7-24(19,20)8-14(11)23-15)10-2-3-12-13(6-10)22-5-4-21-12/h2-3,6,11,14H,4-5,7-8H2,1H3/t11-,14-/m1/s1. The van der Waals surface area contributed by atoms with Gasteiger partial charge >= 0.3 is 0 Å². The van der Waals surface area contributed by atoms with Gasteiger partial charge in [-0.2, -0.15) is 4.99 Å². The van der Waals surface area contributed by atoms with Gasteiger partial charge in [-0.1, -0.05) is 11.8 Å². The molecule has 0 saturated carbocycles. The molecule has 0 bridgehead atoms. The Labute approximate surface area is 143 Å². The lowest BCUT2D eigenvalue weighted by molar-refractivity contribution is -0.115.